The zero-order valence-corrected chi connectivity index (χ0v) is 15.6. The van der Waals surface area contributed by atoms with Crippen LogP contribution in [0.15, 0.2) is 18.2 Å². The van der Waals surface area contributed by atoms with Gasteiger partial charge in [0.25, 0.3) is 0 Å². The number of piperidine rings is 1. The first-order valence-corrected chi connectivity index (χ1v) is 9.56. The molecule has 0 N–H and O–H groups in total. The Kier molecular flexibility index (Phi) is 6.31. The maximum Gasteiger partial charge on any atom is 0.236 e. The second-order valence-electron chi connectivity index (χ2n) is 7.32. The van der Waals surface area contributed by atoms with Crippen LogP contribution in [0.25, 0.3) is 0 Å². The number of halogens is 2. The van der Waals surface area contributed by atoms with Crippen molar-refractivity contribution in [3.8, 4) is 0 Å². The highest BCUT2D eigenvalue weighted by atomic mass is 35.5. The summed E-state index contributed by atoms with van der Waals surface area (Å²) in [6.07, 6.45) is 2.37. The number of nitrogens with zero attached hydrogens (tertiary/aromatic N) is 3. The Bertz CT molecular complexity index is 576. The molecule has 0 aliphatic carbocycles. The smallest absolute Gasteiger partial charge is 0.236 e. The van der Waals surface area contributed by atoms with E-state index in [2.05, 4.69) is 16.7 Å². The van der Waals surface area contributed by atoms with Gasteiger partial charge in [-0.05, 0) is 44.0 Å². The lowest BCUT2D eigenvalue weighted by Gasteiger charge is -2.37. The average molecular weight is 368 g/mol. The first-order valence-electron chi connectivity index (χ1n) is 9.18. The van der Waals surface area contributed by atoms with Crippen LogP contribution in [0.1, 0.15) is 25.3 Å². The fourth-order valence-corrected chi connectivity index (χ4v) is 3.80. The molecule has 1 amide bonds. The van der Waals surface area contributed by atoms with Crippen LogP contribution in [0.2, 0.25) is 5.02 Å². The lowest BCUT2D eigenvalue weighted by molar-refractivity contribution is -0.134. The van der Waals surface area contributed by atoms with Gasteiger partial charge >= 0.3 is 0 Å². The number of hydrogen-bond donors (Lipinski definition) is 0. The van der Waals surface area contributed by atoms with E-state index in [1.165, 1.54) is 18.9 Å². The molecule has 2 aliphatic heterocycles. The molecule has 138 valence electrons. The molecule has 2 aliphatic rings. The molecule has 0 atom stereocenters. The van der Waals surface area contributed by atoms with Crippen molar-refractivity contribution >= 4 is 17.5 Å². The summed E-state index contributed by atoms with van der Waals surface area (Å²) >= 11 is 6.11. The number of amides is 1. The molecule has 0 bridgehead atoms. The standard InChI is InChI=1S/C19H27ClFN3O/c1-15-5-7-22(8-6-15)14-19(25)24-11-9-23(10-12-24)13-16-17(20)3-2-4-18(16)21/h2-4,15H,5-14H2,1H3. The number of carbonyl (C=O) groups is 1. The molecule has 1 aromatic rings. The van der Waals surface area contributed by atoms with Gasteiger partial charge in [0.1, 0.15) is 5.82 Å². The van der Waals surface area contributed by atoms with Crippen molar-refractivity contribution in [1.82, 2.24) is 14.7 Å². The van der Waals surface area contributed by atoms with E-state index in [1.807, 2.05) is 4.90 Å². The van der Waals surface area contributed by atoms with Crippen molar-refractivity contribution in [1.29, 1.82) is 0 Å². The highest BCUT2D eigenvalue weighted by Crippen LogP contribution is 2.21. The fraction of sp³-hybridized carbons (Fsp3) is 0.632. The van der Waals surface area contributed by atoms with E-state index in [0.717, 1.165) is 32.1 Å². The Morgan fingerprint density at radius 1 is 1.12 bits per heavy atom. The highest BCUT2D eigenvalue weighted by Gasteiger charge is 2.25. The summed E-state index contributed by atoms with van der Waals surface area (Å²) in [7, 11) is 0. The Balaban J connectivity index is 1.46. The van der Waals surface area contributed by atoms with Gasteiger partial charge in [-0.15, -0.1) is 0 Å². The van der Waals surface area contributed by atoms with Crippen LogP contribution in [0.5, 0.6) is 0 Å². The topological polar surface area (TPSA) is 26.8 Å². The van der Waals surface area contributed by atoms with Crippen molar-refractivity contribution in [3.63, 3.8) is 0 Å². The van der Waals surface area contributed by atoms with Crippen molar-refractivity contribution in [2.45, 2.75) is 26.3 Å². The largest absolute Gasteiger partial charge is 0.339 e. The molecule has 6 heteroatoms. The molecule has 2 heterocycles. The van der Waals surface area contributed by atoms with Crippen LogP contribution in [0.3, 0.4) is 0 Å². The lowest BCUT2D eigenvalue weighted by Crippen LogP contribution is -2.51. The predicted molar refractivity (Wildman–Crippen MR) is 98.1 cm³/mol. The second-order valence-corrected chi connectivity index (χ2v) is 7.72. The van der Waals surface area contributed by atoms with Crippen LogP contribution in [0, 0.1) is 11.7 Å². The molecular weight excluding hydrogens is 341 g/mol. The SMILES string of the molecule is CC1CCN(CC(=O)N2CCN(Cc3c(F)cccc3Cl)CC2)CC1. The minimum absolute atomic E-state index is 0.220. The quantitative estimate of drug-likeness (QED) is 0.818. The van der Waals surface area contributed by atoms with E-state index in [1.54, 1.807) is 12.1 Å². The minimum atomic E-state index is -0.259. The van der Waals surface area contributed by atoms with E-state index in [0.29, 0.717) is 36.8 Å². The van der Waals surface area contributed by atoms with Crippen LogP contribution in [-0.4, -0.2) is 66.4 Å². The molecule has 25 heavy (non-hydrogen) atoms. The summed E-state index contributed by atoms with van der Waals surface area (Å²) in [6, 6.07) is 4.79. The number of hydrogen-bond acceptors (Lipinski definition) is 3. The summed E-state index contributed by atoms with van der Waals surface area (Å²) < 4.78 is 13.9. The number of benzene rings is 1. The molecule has 3 rings (SSSR count). The first-order chi connectivity index (χ1) is 12.0. The highest BCUT2D eigenvalue weighted by molar-refractivity contribution is 6.31. The zero-order chi connectivity index (χ0) is 17.8. The van der Waals surface area contributed by atoms with Gasteiger partial charge in [-0.25, -0.2) is 4.39 Å². The van der Waals surface area contributed by atoms with E-state index < -0.39 is 0 Å². The molecule has 0 radical (unpaired) electrons. The van der Waals surface area contributed by atoms with E-state index in [4.69, 9.17) is 11.6 Å². The molecule has 4 nitrogen and oxygen atoms in total. The van der Waals surface area contributed by atoms with Gasteiger partial charge < -0.3 is 4.90 Å². The van der Waals surface area contributed by atoms with Gasteiger partial charge in [-0.2, -0.15) is 0 Å². The van der Waals surface area contributed by atoms with Gasteiger partial charge in [0.2, 0.25) is 5.91 Å². The van der Waals surface area contributed by atoms with Crippen molar-refractivity contribution in [3.05, 3.63) is 34.6 Å². The Labute approximate surface area is 154 Å². The van der Waals surface area contributed by atoms with E-state index >= 15 is 0 Å². The van der Waals surface area contributed by atoms with Gasteiger partial charge in [-0.1, -0.05) is 24.6 Å². The van der Waals surface area contributed by atoms with Crippen LogP contribution >= 0.6 is 11.6 Å². The minimum Gasteiger partial charge on any atom is -0.339 e. The molecule has 1 aromatic carbocycles. The maximum atomic E-state index is 13.9. The van der Waals surface area contributed by atoms with Crippen molar-refractivity contribution < 1.29 is 9.18 Å². The maximum absolute atomic E-state index is 13.9. The molecule has 2 fully saturated rings. The van der Waals surface area contributed by atoms with Gasteiger partial charge in [0, 0.05) is 43.3 Å². The summed E-state index contributed by atoms with van der Waals surface area (Å²) in [4.78, 5) is 18.9. The third-order valence-corrected chi connectivity index (χ3v) is 5.76. The van der Waals surface area contributed by atoms with Crippen LogP contribution in [-0.2, 0) is 11.3 Å². The molecule has 2 saturated heterocycles. The number of likely N-dealkylation sites (tertiary alicyclic amines) is 1. The van der Waals surface area contributed by atoms with Crippen molar-refractivity contribution in [2.75, 3.05) is 45.8 Å². The number of carbonyl (C=O) groups excluding carboxylic acids is 1. The van der Waals surface area contributed by atoms with Crippen molar-refractivity contribution in [2.24, 2.45) is 5.92 Å². The summed E-state index contributed by atoms with van der Waals surface area (Å²) in [5.41, 5.74) is 0.548. The van der Waals surface area contributed by atoms with E-state index in [-0.39, 0.29) is 11.7 Å². The number of rotatable bonds is 4. The van der Waals surface area contributed by atoms with Crippen LogP contribution < -0.4 is 0 Å². The summed E-state index contributed by atoms with van der Waals surface area (Å²) in [5.74, 6) is 0.739. The fourth-order valence-electron chi connectivity index (χ4n) is 3.57. The predicted octanol–water partition coefficient (Wildman–Crippen LogP) is 2.86. The lowest BCUT2D eigenvalue weighted by atomic mass is 9.99. The molecular formula is C19H27ClFN3O. The summed E-state index contributed by atoms with van der Waals surface area (Å²) in [6.45, 7) is 8.28. The molecule has 0 aromatic heterocycles. The second kappa shape index (κ2) is 8.47. The third kappa shape index (κ3) is 4.93. The normalized spacial score (nSPS) is 20.8. The first kappa shape index (κ1) is 18.6. The monoisotopic (exact) mass is 367 g/mol. The van der Waals surface area contributed by atoms with Gasteiger partial charge in [0.15, 0.2) is 0 Å². The Morgan fingerprint density at radius 3 is 2.44 bits per heavy atom. The molecule has 0 saturated carbocycles. The van der Waals surface area contributed by atoms with E-state index in [9.17, 15) is 9.18 Å². The van der Waals surface area contributed by atoms with Gasteiger partial charge in [0.05, 0.1) is 6.54 Å². The summed E-state index contributed by atoms with van der Waals surface area (Å²) in [5, 5.41) is 0.470. The number of piperazine rings is 1. The third-order valence-electron chi connectivity index (χ3n) is 5.40. The van der Waals surface area contributed by atoms with Gasteiger partial charge in [-0.3, -0.25) is 14.6 Å². The molecule has 0 unspecified atom stereocenters. The molecule has 0 spiro atoms. The Hall–Kier alpha value is -1.17. The van der Waals surface area contributed by atoms with Crippen LogP contribution in [0.4, 0.5) is 4.39 Å². The Morgan fingerprint density at radius 2 is 1.80 bits per heavy atom. The average Bonchev–Trinajstić information content (AvgIpc) is 2.61. The zero-order valence-electron chi connectivity index (χ0n) is 14.9.